The first-order valence-electron chi connectivity index (χ1n) is 7.20. The summed E-state index contributed by atoms with van der Waals surface area (Å²) in [5.41, 5.74) is 0. The summed E-state index contributed by atoms with van der Waals surface area (Å²) in [6, 6.07) is 0. The second-order valence-electron chi connectivity index (χ2n) is 4.85. The minimum absolute atomic E-state index is 0.190. The van der Waals surface area contributed by atoms with E-state index in [2.05, 4.69) is 6.92 Å². The number of rotatable bonds is 12. The van der Waals surface area contributed by atoms with E-state index in [-0.39, 0.29) is 6.61 Å². The number of ether oxygens (including phenoxy) is 1. The van der Waals surface area contributed by atoms with E-state index < -0.39 is 3.79 Å². The van der Waals surface area contributed by atoms with E-state index in [0.29, 0.717) is 6.61 Å². The van der Waals surface area contributed by atoms with Gasteiger partial charge in [0, 0.05) is 6.61 Å². The second-order valence-corrected chi connectivity index (χ2v) is 7.37. The Bertz CT molecular complexity index is 169. The predicted octanol–water partition coefficient (Wildman–Crippen LogP) is 6.29. The molecule has 0 bridgehead atoms. The van der Waals surface area contributed by atoms with Crippen LogP contribution < -0.4 is 0 Å². The van der Waals surface area contributed by atoms with Crippen LogP contribution >= 0.6 is 34.8 Å². The predicted molar refractivity (Wildman–Crippen MR) is 83.0 cm³/mol. The molecule has 0 fully saturated rings. The molecule has 0 aromatic rings. The first-order chi connectivity index (χ1) is 8.56. The van der Waals surface area contributed by atoms with Crippen molar-refractivity contribution in [1.29, 1.82) is 0 Å². The molecule has 0 heterocycles. The molecule has 0 saturated heterocycles. The number of unbranched alkanes of at least 4 members (excludes halogenated alkanes) is 9. The smallest absolute Gasteiger partial charge is 0.213 e. The van der Waals surface area contributed by atoms with Gasteiger partial charge in [0.25, 0.3) is 0 Å². The van der Waals surface area contributed by atoms with Crippen molar-refractivity contribution in [3.8, 4) is 0 Å². The molecule has 0 saturated carbocycles. The largest absolute Gasteiger partial charge is 0.377 e. The third-order valence-electron chi connectivity index (χ3n) is 2.91. The first kappa shape index (κ1) is 18.8. The van der Waals surface area contributed by atoms with Gasteiger partial charge in [-0.3, -0.25) is 0 Å². The molecule has 0 radical (unpaired) electrons. The zero-order valence-corrected chi connectivity index (χ0v) is 13.8. The Morgan fingerprint density at radius 1 is 0.722 bits per heavy atom. The van der Waals surface area contributed by atoms with E-state index in [4.69, 9.17) is 39.5 Å². The molecule has 0 aliphatic carbocycles. The van der Waals surface area contributed by atoms with Gasteiger partial charge in [-0.2, -0.15) is 0 Å². The van der Waals surface area contributed by atoms with Crippen LogP contribution in [-0.4, -0.2) is 17.0 Å². The van der Waals surface area contributed by atoms with Gasteiger partial charge in [0.1, 0.15) is 0 Å². The highest BCUT2D eigenvalue weighted by Crippen LogP contribution is 2.25. The highest BCUT2D eigenvalue weighted by molar-refractivity contribution is 6.67. The molecule has 4 heteroatoms. The zero-order valence-electron chi connectivity index (χ0n) is 11.5. The molecule has 0 spiro atoms. The lowest BCUT2D eigenvalue weighted by atomic mass is 10.1. The lowest BCUT2D eigenvalue weighted by Gasteiger charge is -2.10. The molecule has 0 atom stereocenters. The molecule has 1 nitrogen and oxygen atoms in total. The second kappa shape index (κ2) is 12.8. The average Bonchev–Trinajstić information content (AvgIpc) is 2.29. The van der Waals surface area contributed by atoms with Gasteiger partial charge < -0.3 is 4.74 Å². The Morgan fingerprint density at radius 3 is 1.61 bits per heavy atom. The number of hydrogen-bond donors (Lipinski definition) is 0. The molecule has 110 valence electrons. The Hall–Kier alpha value is 0.830. The maximum absolute atomic E-state index is 5.57. The summed E-state index contributed by atoms with van der Waals surface area (Å²) in [4.78, 5) is 0. The molecule has 0 aromatic heterocycles. The third-order valence-corrected chi connectivity index (χ3v) is 3.24. The summed E-state index contributed by atoms with van der Waals surface area (Å²) in [6.45, 7) is 3.14. The molecule has 0 aromatic carbocycles. The number of hydrogen-bond acceptors (Lipinski definition) is 1. The van der Waals surface area contributed by atoms with Crippen LogP contribution in [0.5, 0.6) is 0 Å². The molecular formula is C14H27Cl3O. The highest BCUT2D eigenvalue weighted by Gasteiger charge is 2.18. The number of alkyl halides is 3. The Kier molecular flexibility index (Phi) is 13.4. The Labute approximate surface area is 128 Å². The first-order valence-corrected chi connectivity index (χ1v) is 8.34. The summed E-state index contributed by atoms with van der Waals surface area (Å²) in [5.74, 6) is 0. The fourth-order valence-electron chi connectivity index (χ4n) is 1.88. The molecular weight excluding hydrogens is 291 g/mol. The lowest BCUT2D eigenvalue weighted by molar-refractivity contribution is 0.134. The molecule has 18 heavy (non-hydrogen) atoms. The fourth-order valence-corrected chi connectivity index (χ4v) is 2.11. The monoisotopic (exact) mass is 316 g/mol. The Balaban J connectivity index is 2.99. The van der Waals surface area contributed by atoms with E-state index in [1.807, 2.05) is 0 Å². The highest BCUT2D eigenvalue weighted by atomic mass is 35.6. The molecule has 0 aliphatic rings. The van der Waals surface area contributed by atoms with Gasteiger partial charge in [-0.05, 0) is 6.42 Å². The molecule has 0 amide bonds. The molecule has 0 rings (SSSR count). The molecule has 0 unspecified atom stereocenters. The van der Waals surface area contributed by atoms with Crippen LogP contribution in [0.4, 0.5) is 0 Å². The summed E-state index contributed by atoms with van der Waals surface area (Å²) in [7, 11) is 0. The van der Waals surface area contributed by atoms with E-state index >= 15 is 0 Å². The van der Waals surface area contributed by atoms with Crippen molar-refractivity contribution in [3.05, 3.63) is 0 Å². The van der Waals surface area contributed by atoms with Crippen molar-refractivity contribution < 1.29 is 4.74 Å². The van der Waals surface area contributed by atoms with Gasteiger partial charge >= 0.3 is 0 Å². The van der Waals surface area contributed by atoms with E-state index in [9.17, 15) is 0 Å². The van der Waals surface area contributed by atoms with Crippen molar-refractivity contribution in [2.24, 2.45) is 0 Å². The minimum atomic E-state index is -1.27. The van der Waals surface area contributed by atoms with Gasteiger partial charge in [-0.25, -0.2) is 0 Å². The van der Waals surface area contributed by atoms with Crippen LogP contribution in [0.1, 0.15) is 71.1 Å². The quantitative estimate of drug-likeness (QED) is 0.303. The number of halogens is 3. The van der Waals surface area contributed by atoms with Crippen LogP contribution in [0.3, 0.4) is 0 Å². The fraction of sp³-hybridized carbons (Fsp3) is 1.00. The lowest BCUT2D eigenvalue weighted by Crippen LogP contribution is -2.13. The van der Waals surface area contributed by atoms with Crippen LogP contribution in [0.2, 0.25) is 0 Å². The van der Waals surface area contributed by atoms with Crippen molar-refractivity contribution in [1.82, 2.24) is 0 Å². The maximum Gasteiger partial charge on any atom is 0.213 e. The van der Waals surface area contributed by atoms with E-state index in [1.165, 1.54) is 57.8 Å². The van der Waals surface area contributed by atoms with Crippen LogP contribution in [-0.2, 0) is 4.74 Å². The van der Waals surface area contributed by atoms with Gasteiger partial charge in [0.2, 0.25) is 3.79 Å². The molecule has 0 aliphatic heterocycles. The SMILES string of the molecule is CCCCCCCCCCCCOCC(Cl)(Cl)Cl. The maximum atomic E-state index is 5.57. The standard InChI is InChI=1S/C14H27Cl3O/c1-2-3-4-5-6-7-8-9-10-11-12-18-13-14(15,16)17/h2-13H2,1H3. The average molecular weight is 318 g/mol. The summed E-state index contributed by atoms with van der Waals surface area (Å²) in [5, 5.41) is 0. The van der Waals surface area contributed by atoms with Crippen molar-refractivity contribution >= 4 is 34.8 Å². The normalized spacial score (nSPS) is 12.0. The van der Waals surface area contributed by atoms with Gasteiger partial charge in [0.05, 0.1) is 6.61 Å². The minimum Gasteiger partial charge on any atom is -0.377 e. The molecule has 0 N–H and O–H groups in total. The van der Waals surface area contributed by atoms with Crippen LogP contribution in [0.15, 0.2) is 0 Å². The van der Waals surface area contributed by atoms with E-state index in [0.717, 1.165) is 6.42 Å². The van der Waals surface area contributed by atoms with Crippen molar-refractivity contribution in [2.45, 2.75) is 74.9 Å². The topological polar surface area (TPSA) is 9.23 Å². The summed E-state index contributed by atoms with van der Waals surface area (Å²) >= 11 is 16.7. The van der Waals surface area contributed by atoms with Crippen LogP contribution in [0.25, 0.3) is 0 Å². The Morgan fingerprint density at radius 2 is 1.17 bits per heavy atom. The van der Waals surface area contributed by atoms with E-state index in [1.54, 1.807) is 0 Å². The van der Waals surface area contributed by atoms with Gasteiger partial charge in [-0.1, -0.05) is 99.5 Å². The summed E-state index contributed by atoms with van der Waals surface area (Å²) in [6.07, 6.45) is 13.2. The van der Waals surface area contributed by atoms with Crippen LogP contribution in [0, 0.1) is 0 Å². The third kappa shape index (κ3) is 16.8. The van der Waals surface area contributed by atoms with Crippen molar-refractivity contribution in [3.63, 3.8) is 0 Å². The van der Waals surface area contributed by atoms with Crippen molar-refractivity contribution in [2.75, 3.05) is 13.2 Å². The van der Waals surface area contributed by atoms with Gasteiger partial charge in [0.15, 0.2) is 0 Å². The summed E-state index contributed by atoms with van der Waals surface area (Å²) < 4.78 is 4.01. The zero-order chi connectivity index (χ0) is 13.7. The van der Waals surface area contributed by atoms with Gasteiger partial charge in [-0.15, -0.1) is 0 Å².